The lowest BCUT2D eigenvalue weighted by Gasteiger charge is -2.22. The van der Waals surface area contributed by atoms with Crippen LogP contribution in [0.2, 0.25) is 0 Å². The van der Waals surface area contributed by atoms with Gasteiger partial charge in [-0.25, -0.2) is 0 Å². The third-order valence-electron chi connectivity index (χ3n) is 2.58. The molecule has 1 aromatic heterocycles. The number of aliphatic hydroxyl groups is 1. The average molecular weight is 307 g/mol. The molecule has 3 nitrogen and oxygen atoms in total. The van der Waals surface area contributed by atoms with E-state index in [1.165, 1.54) is 4.88 Å². The number of halogens is 1. The van der Waals surface area contributed by atoms with Crippen molar-refractivity contribution < 1.29 is 5.11 Å². The van der Waals surface area contributed by atoms with Crippen LogP contribution in [-0.4, -0.2) is 24.3 Å². The van der Waals surface area contributed by atoms with Crippen LogP contribution in [0.25, 0.3) is 0 Å². The number of hydrogen-bond acceptors (Lipinski definition) is 4. The van der Waals surface area contributed by atoms with Gasteiger partial charge in [-0.05, 0) is 40.9 Å². The van der Waals surface area contributed by atoms with E-state index in [4.69, 9.17) is 10.8 Å². The van der Waals surface area contributed by atoms with Gasteiger partial charge in [0, 0.05) is 24.1 Å². The zero-order valence-electron chi connectivity index (χ0n) is 9.45. The Kier molecular flexibility index (Phi) is 6.53. The van der Waals surface area contributed by atoms with Crippen LogP contribution in [0.15, 0.2) is 15.9 Å². The van der Waals surface area contributed by atoms with Gasteiger partial charge < -0.3 is 16.2 Å². The molecule has 0 aliphatic heterocycles. The molecule has 0 saturated heterocycles. The molecule has 0 amide bonds. The minimum atomic E-state index is 0.188. The zero-order valence-corrected chi connectivity index (χ0v) is 11.9. The van der Waals surface area contributed by atoms with Crippen LogP contribution in [0.3, 0.4) is 0 Å². The molecule has 0 radical (unpaired) electrons. The molecule has 0 aromatic carbocycles. The summed E-state index contributed by atoms with van der Waals surface area (Å²) in [4.78, 5) is 1.24. The first kappa shape index (κ1) is 14.1. The van der Waals surface area contributed by atoms with Crippen LogP contribution in [0.1, 0.15) is 30.7 Å². The summed E-state index contributed by atoms with van der Waals surface area (Å²) in [5.41, 5.74) is 5.78. The summed E-state index contributed by atoms with van der Waals surface area (Å²) in [6.45, 7) is 2.91. The van der Waals surface area contributed by atoms with Crippen LogP contribution in [-0.2, 0) is 0 Å². The molecule has 0 bridgehead atoms. The number of aliphatic hydroxyl groups excluding tert-OH is 1. The Labute approximate surface area is 109 Å². The fraction of sp³-hybridized carbons (Fsp3) is 0.636. The summed E-state index contributed by atoms with van der Waals surface area (Å²) in [6.07, 6.45) is 1.78. The van der Waals surface area contributed by atoms with E-state index in [2.05, 4.69) is 34.2 Å². The van der Waals surface area contributed by atoms with E-state index in [1.54, 1.807) is 11.3 Å². The second kappa shape index (κ2) is 7.40. The van der Waals surface area contributed by atoms with E-state index < -0.39 is 0 Å². The van der Waals surface area contributed by atoms with Crippen molar-refractivity contribution in [2.75, 3.05) is 13.2 Å². The molecule has 0 aliphatic carbocycles. The maximum Gasteiger partial charge on any atom is 0.0702 e. The first-order valence-corrected chi connectivity index (χ1v) is 7.14. The molecule has 0 spiro atoms. The van der Waals surface area contributed by atoms with Crippen molar-refractivity contribution in [2.24, 2.45) is 5.73 Å². The van der Waals surface area contributed by atoms with Crippen molar-refractivity contribution >= 4 is 27.3 Å². The molecule has 1 rings (SSSR count). The highest BCUT2D eigenvalue weighted by Crippen LogP contribution is 2.27. The first-order chi connectivity index (χ1) is 7.71. The van der Waals surface area contributed by atoms with Gasteiger partial charge in [-0.1, -0.05) is 6.92 Å². The van der Waals surface area contributed by atoms with Crippen LogP contribution < -0.4 is 11.1 Å². The fourth-order valence-corrected chi connectivity index (χ4v) is 3.12. The summed E-state index contributed by atoms with van der Waals surface area (Å²) in [6, 6.07) is 4.65. The fourth-order valence-electron chi connectivity index (χ4n) is 1.63. The van der Waals surface area contributed by atoms with E-state index in [0.29, 0.717) is 12.6 Å². The van der Waals surface area contributed by atoms with Crippen LogP contribution in [0.5, 0.6) is 0 Å². The lowest BCUT2D eigenvalue weighted by atomic mass is 10.1. The molecule has 2 unspecified atom stereocenters. The number of nitrogens with two attached hydrogens (primary N) is 1. The molecule has 1 aromatic rings. The molecular weight excluding hydrogens is 288 g/mol. The summed E-state index contributed by atoms with van der Waals surface area (Å²) in [5, 5.41) is 12.4. The predicted octanol–water partition coefficient (Wildman–Crippen LogP) is 2.26. The van der Waals surface area contributed by atoms with E-state index in [0.717, 1.165) is 16.6 Å². The molecule has 0 fully saturated rings. The first-order valence-electron chi connectivity index (χ1n) is 5.53. The highest BCUT2D eigenvalue weighted by Gasteiger charge is 2.15. The molecule has 0 saturated carbocycles. The van der Waals surface area contributed by atoms with Gasteiger partial charge in [-0.3, -0.25) is 0 Å². The molecule has 2 atom stereocenters. The van der Waals surface area contributed by atoms with E-state index in [-0.39, 0.29) is 12.6 Å². The van der Waals surface area contributed by atoms with E-state index >= 15 is 0 Å². The minimum Gasteiger partial charge on any atom is -0.396 e. The number of nitrogens with one attached hydrogen (secondary N) is 1. The standard InChI is InChI=1S/C11H19BrN2OS/c1-2-8(5-6-15)14-9(7-13)10-3-4-11(12)16-10/h3-4,8-9,14-15H,2,5-7,13H2,1H3. The summed E-state index contributed by atoms with van der Waals surface area (Å²) < 4.78 is 1.12. The summed E-state index contributed by atoms with van der Waals surface area (Å²) >= 11 is 5.16. The van der Waals surface area contributed by atoms with Gasteiger partial charge in [0.2, 0.25) is 0 Å². The molecular formula is C11H19BrN2OS. The van der Waals surface area contributed by atoms with Crippen LogP contribution >= 0.6 is 27.3 Å². The molecule has 1 heterocycles. The Morgan fingerprint density at radius 3 is 2.75 bits per heavy atom. The van der Waals surface area contributed by atoms with Crippen molar-refractivity contribution in [1.29, 1.82) is 0 Å². The number of thiophene rings is 1. The maximum absolute atomic E-state index is 8.95. The Balaban J connectivity index is 2.60. The van der Waals surface area contributed by atoms with Crippen molar-refractivity contribution in [3.05, 3.63) is 20.8 Å². The molecule has 92 valence electrons. The molecule has 5 heteroatoms. The van der Waals surface area contributed by atoms with Gasteiger partial charge in [0.05, 0.1) is 9.83 Å². The van der Waals surface area contributed by atoms with Gasteiger partial charge in [0.15, 0.2) is 0 Å². The van der Waals surface area contributed by atoms with Crippen molar-refractivity contribution in [2.45, 2.75) is 31.8 Å². The molecule has 16 heavy (non-hydrogen) atoms. The summed E-state index contributed by atoms with van der Waals surface area (Å²) in [5.74, 6) is 0. The quantitative estimate of drug-likeness (QED) is 0.724. The minimum absolute atomic E-state index is 0.188. The van der Waals surface area contributed by atoms with Crippen LogP contribution in [0, 0.1) is 0 Å². The highest BCUT2D eigenvalue weighted by atomic mass is 79.9. The molecule has 4 N–H and O–H groups in total. The third kappa shape index (κ3) is 4.14. The predicted molar refractivity (Wildman–Crippen MR) is 72.7 cm³/mol. The van der Waals surface area contributed by atoms with Gasteiger partial charge in [-0.15, -0.1) is 11.3 Å². The topological polar surface area (TPSA) is 58.3 Å². The monoisotopic (exact) mass is 306 g/mol. The number of rotatable bonds is 7. The SMILES string of the molecule is CCC(CCO)NC(CN)c1ccc(Br)s1. The molecule has 0 aliphatic rings. The van der Waals surface area contributed by atoms with E-state index in [9.17, 15) is 0 Å². The lowest BCUT2D eigenvalue weighted by molar-refractivity contribution is 0.256. The maximum atomic E-state index is 8.95. The normalized spacial score (nSPS) is 15.0. The zero-order chi connectivity index (χ0) is 12.0. The number of hydrogen-bond donors (Lipinski definition) is 3. The van der Waals surface area contributed by atoms with Crippen molar-refractivity contribution in [3.63, 3.8) is 0 Å². The highest BCUT2D eigenvalue weighted by molar-refractivity contribution is 9.11. The summed E-state index contributed by atoms with van der Waals surface area (Å²) in [7, 11) is 0. The van der Waals surface area contributed by atoms with Gasteiger partial charge >= 0.3 is 0 Å². The Morgan fingerprint density at radius 2 is 2.31 bits per heavy atom. The van der Waals surface area contributed by atoms with E-state index in [1.807, 2.05) is 6.07 Å². The second-order valence-corrected chi connectivity index (χ2v) is 6.21. The second-order valence-electron chi connectivity index (χ2n) is 3.71. The smallest absolute Gasteiger partial charge is 0.0702 e. The van der Waals surface area contributed by atoms with Crippen molar-refractivity contribution in [3.8, 4) is 0 Å². The van der Waals surface area contributed by atoms with Crippen molar-refractivity contribution in [1.82, 2.24) is 5.32 Å². The average Bonchev–Trinajstić information content (AvgIpc) is 2.71. The lowest BCUT2D eigenvalue weighted by Crippen LogP contribution is -2.36. The third-order valence-corrected chi connectivity index (χ3v) is 4.32. The van der Waals surface area contributed by atoms with Gasteiger partial charge in [0.25, 0.3) is 0 Å². The largest absolute Gasteiger partial charge is 0.396 e. The Morgan fingerprint density at radius 1 is 1.56 bits per heavy atom. The Hall–Kier alpha value is 0.0600. The van der Waals surface area contributed by atoms with Gasteiger partial charge in [-0.2, -0.15) is 0 Å². The van der Waals surface area contributed by atoms with Gasteiger partial charge in [0.1, 0.15) is 0 Å². The van der Waals surface area contributed by atoms with Crippen LogP contribution in [0.4, 0.5) is 0 Å². The Bertz CT molecular complexity index is 306.